The highest BCUT2D eigenvalue weighted by Crippen LogP contribution is 2.23. The van der Waals surface area contributed by atoms with Gasteiger partial charge in [-0.25, -0.2) is 0 Å². The van der Waals surface area contributed by atoms with Crippen molar-refractivity contribution in [3.8, 4) is 0 Å². The number of amides is 1. The van der Waals surface area contributed by atoms with Gasteiger partial charge in [-0.2, -0.15) is 5.10 Å². The topological polar surface area (TPSA) is 59.0 Å². The van der Waals surface area contributed by atoms with Crippen LogP contribution in [0.1, 0.15) is 27.2 Å². The van der Waals surface area contributed by atoms with Gasteiger partial charge in [0.1, 0.15) is 0 Å². The van der Waals surface area contributed by atoms with Gasteiger partial charge in [-0.05, 0) is 55.3 Å². The summed E-state index contributed by atoms with van der Waals surface area (Å²) in [7, 11) is 1.92. The molecule has 1 aromatic heterocycles. The summed E-state index contributed by atoms with van der Waals surface area (Å²) in [5.41, 5.74) is 5.92. The van der Waals surface area contributed by atoms with E-state index in [0.29, 0.717) is 0 Å². The third-order valence-electron chi connectivity index (χ3n) is 4.68. The molecule has 0 saturated carbocycles. The molecule has 2 aromatic carbocycles. The van der Waals surface area contributed by atoms with E-state index in [1.165, 1.54) is 5.56 Å². The zero-order chi connectivity index (χ0) is 16.7. The number of rotatable bonds is 2. The Morgan fingerprint density at radius 3 is 3.04 bits per heavy atom. The van der Waals surface area contributed by atoms with Gasteiger partial charge >= 0.3 is 0 Å². The Morgan fingerprint density at radius 1 is 1.29 bits per heavy atom. The molecular formula is C19H20N4O. The van der Waals surface area contributed by atoms with Crippen LogP contribution in [0.2, 0.25) is 0 Å². The Kier molecular flexibility index (Phi) is 3.58. The Labute approximate surface area is 140 Å². The highest BCUT2D eigenvalue weighted by Gasteiger charge is 2.17. The first kappa shape index (κ1) is 14.9. The second-order valence-electron chi connectivity index (χ2n) is 6.27. The summed E-state index contributed by atoms with van der Waals surface area (Å²) < 4.78 is 1.84. The fourth-order valence-corrected chi connectivity index (χ4v) is 3.44. The molecule has 0 radical (unpaired) electrons. The zero-order valence-electron chi connectivity index (χ0n) is 13.9. The maximum absolute atomic E-state index is 12.8. The highest BCUT2D eigenvalue weighted by atomic mass is 16.1. The molecule has 0 bridgehead atoms. The number of aryl methyl sites for hydroxylation is 2. The van der Waals surface area contributed by atoms with Crippen molar-refractivity contribution in [3.05, 3.63) is 58.8 Å². The molecule has 5 nitrogen and oxygen atoms in total. The second-order valence-corrected chi connectivity index (χ2v) is 6.27. The van der Waals surface area contributed by atoms with Gasteiger partial charge in [0.2, 0.25) is 0 Å². The largest absolute Gasteiger partial charge is 0.322 e. The number of nitrogens with zero attached hydrogens (tertiary/aromatic N) is 2. The van der Waals surface area contributed by atoms with E-state index < -0.39 is 0 Å². The van der Waals surface area contributed by atoms with Crippen LogP contribution >= 0.6 is 0 Å². The minimum atomic E-state index is -0.0613. The van der Waals surface area contributed by atoms with E-state index in [4.69, 9.17) is 0 Å². The number of aromatic nitrogens is 2. The number of nitrogens with one attached hydrogen (secondary N) is 2. The number of hydrogen-bond donors (Lipinski definition) is 2. The van der Waals surface area contributed by atoms with Crippen LogP contribution in [0, 0.1) is 6.92 Å². The van der Waals surface area contributed by atoms with Crippen LogP contribution in [0.3, 0.4) is 0 Å². The standard InChI is InChI=1S/C19H20N4O/c1-12-15-7-6-14(10-18(15)23(2)22-12)21-19(24)16-5-3-4-13-8-9-20-11-17(13)16/h3-7,10,20H,8-9,11H2,1-2H3,(H,21,24). The fourth-order valence-electron chi connectivity index (χ4n) is 3.44. The SMILES string of the molecule is Cc1nn(C)c2cc(NC(=O)c3cccc4c3CNCC4)ccc12. The molecular weight excluding hydrogens is 300 g/mol. The van der Waals surface area contributed by atoms with Crippen molar-refractivity contribution < 1.29 is 4.79 Å². The Hall–Kier alpha value is -2.66. The summed E-state index contributed by atoms with van der Waals surface area (Å²) in [6.45, 7) is 3.71. The normalized spacial score (nSPS) is 13.8. The number of hydrogen-bond acceptors (Lipinski definition) is 3. The average Bonchev–Trinajstić information content (AvgIpc) is 2.88. The van der Waals surface area contributed by atoms with Gasteiger partial charge in [0.15, 0.2) is 0 Å². The summed E-state index contributed by atoms with van der Waals surface area (Å²) in [5.74, 6) is -0.0613. The van der Waals surface area contributed by atoms with Crippen molar-refractivity contribution in [1.82, 2.24) is 15.1 Å². The lowest BCUT2D eigenvalue weighted by Crippen LogP contribution is -2.27. The molecule has 0 saturated heterocycles. The van der Waals surface area contributed by atoms with E-state index in [2.05, 4.69) is 21.8 Å². The predicted molar refractivity (Wildman–Crippen MR) is 95.3 cm³/mol. The monoisotopic (exact) mass is 320 g/mol. The van der Waals surface area contributed by atoms with E-state index >= 15 is 0 Å². The number of fused-ring (bicyclic) bond motifs is 2. The van der Waals surface area contributed by atoms with Crippen molar-refractivity contribution in [2.45, 2.75) is 19.9 Å². The number of anilines is 1. The summed E-state index contributed by atoms with van der Waals surface area (Å²) in [5, 5.41) is 11.9. The molecule has 4 rings (SSSR count). The van der Waals surface area contributed by atoms with Gasteiger partial charge in [0.05, 0.1) is 11.2 Å². The fraction of sp³-hybridized carbons (Fsp3) is 0.263. The molecule has 24 heavy (non-hydrogen) atoms. The van der Waals surface area contributed by atoms with Crippen LogP contribution in [0.4, 0.5) is 5.69 Å². The van der Waals surface area contributed by atoms with Crippen molar-refractivity contribution in [1.29, 1.82) is 0 Å². The molecule has 2 heterocycles. The Balaban J connectivity index is 1.66. The Bertz CT molecular complexity index is 942. The minimum Gasteiger partial charge on any atom is -0.322 e. The van der Waals surface area contributed by atoms with Gasteiger partial charge in [-0.3, -0.25) is 9.48 Å². The van der Waals surface area contributed by atoms with E-state index in [0.717, 1.165) is 52.9 Å². The summed E-state index contributed by atoms with van der Waals surface area (Å²) >= 11 is 0. The van der Waals surface area contributed by atoms with E-state index in [1.807, 2.05) is 49.0 Å². The summed E-state index contributed by atoms with van der Waals surface area (Å²) in [6.07, 6.45) is 0.969. The average molecular weight is 320 g/mol. The van der Waals surface area contributed by atoms with Gasteiger partial charge in [0.25, 0.3) is 5.91 Å². The number of carbonyl (C=O) groups excluding carboxylic acids is 1. The van der Waals surface area contributed by atoms with Gasteiger partial charge < -0.3 is 10.6 Å². The van der Waals surface area contributed by atoms with E-state index in [-0.39, 0.29) is 5.91 Å². The van der Waals surface area contributed by atoms with Crippen molar-refractivity contribution in [2.75, 3.05) is 11.9 Å². The van der Waals surface area contributed by atoms with Gasteiger partial charge in [0, 0.05) is 30.2 Å². The highest BCUT2D eigenvalue weighted by molar-refractivity contribution is 6.06. The first-order valence-electron chi connectivity index (χ1n) is 8.19. The first-order valence-corrected chi connectivity index (χ1v) is 8.19. The molecule has 5 heteroatoms. The van der Waals surface area contributed by atoms with Gasteiger partial charge in [-0.1, -0.05) is 12.1 Å². The molecule has 0 fully saturated rings. The smallest absolute Gasteiger partial charge is 0.255 e. The molecule has 122 valence electrons. The van der Waals surface area contributed by atoms with E-state index in [9.17, 15) is 4.79 Å². The minimum absolute atomic E-state index is 0.0613. The lowest BCUT2D eigenvalue weighted by Gasteiger charge is -2.20. The molecule has 1 aliphatic heterocycles. The van der Waals surface area contributed by atoms with Crippen LogP contribution < -0.4 is 10.6 Å². The molecule has 3 aromatic rings. The molecule has 1 amide bonds. The molecule has 0 spiro atoms. The number of carbonyl (C=O) groups is 1. The quantitative estimate of drug-likeness (QED) is 0.763. The van der Waals surface area contributed by atoms with E-state index in [1.54, 1.807) is 0 Å². The number of benzene rings is 2. The van der Waals surface area contributed by atoms with Crippen LogP contribution in [0.5, 0.6) is 0 Å². The van der Waals surface area contributed by atoms with Crippen LogP contribution in [0.25, 0.3) is 10.9 Å². The zero-order valence-corrected chi connectivity index (χ0v) is 13.9. The summed E-state index contributed by atoms with van der Waals surface area (Å²) in [6, 6.07) is 11.9. The lowest BCUT2D eigenvalue weighted by atomic mass is 9.95. The second kappa shape index (κ2) is 5.76. The molecule has 1 aliphatic rings. The maximum atomic E-state index is 12.8. The van der Waals surface area contributed by atoms with Crippen LogP contribution in [-0.4, -0.2) is 22.2 Å². The molecule has 0 unspecified atom stereocenters. The molecule has 0 aliphatic carbocycles. The third kappa shape index (κ3) is 2.47. The molecule has 2 N–H and O–H groups in total. The lowest BCUT2D eigenvalue weighted by molar-refractivity contribution is 0.102. The van der Waals surface area contributed by atoms with Crippen molar-refractivity contribution in [2.24, 2.45) is 7.05 Å². The van der Waals surface area contributed by atoms with Crippen molar-refractivity contribution >= 4 is 22.5 Å². The predicted octanol–water partition coefficient (Wildman–Crippen LogP) is 2.78. The van der Waals surface area contributed by atoms with Crippen LogP contribution in [0.15, 0.2) is 36.4 Å². The summed E-state index contributed by atoms with van der Waals surface area (Å²) in [4.78, 5) is 12.8. The third-order valence-corrected chi connectivity index (χ3v) is 4.68. The maximum Gasteiger partial charge on any atom is 0.255 e. The Morgan fingerprint density at radius 2 is 2.17 bits per heavy atom. The molecule has 0 atom stereocenters. The van der Waals surface area contributed by atoms with Crippen LogP contribution in [-0.2, 0) is 20.0 Å². The van der Waals surface area contributed by atoms with Crippen molar-refractivity contribution in [3.63, 3.8) is 0 Å². The van der Waals surface area contributed by atoms with Gasteiger partial charge in [-0.15, -0.1) is 0 Å². The first-order chi connectivity index (χ1) is 11.6.